The number of nitrogens with zero attached hydrogens (tertiary/aromatic N) is 1. The second-order valence-electron chi connectivity index (χ2n) is 5.26. The van der Waals surface area contributed by atoms with E-state index in [2.05, 4.69) is 26.2 Å². The number of rotatable bonds is 3. The summed E-state index contributed by atoms with van der Waals surface area (Å²) in [6.45, 7) is 0.204. The van der Waals surface area contributed by atoms with Crippen LogP contribution < -0.4 is 5.32 Å². The number of amides is 1. The van der Waals surface area contributed by atoms with E-state index >= 15 is 0 Å². The number of aromatic nitrogens is 1. The van der Waals surface area contributed by atoms with Gasteiger partial charge in [-0.15, -0.1) is 0 Å². The van der Waals surface area contributed by atoms with Crippen molar-refractivity contribution in [2.45, 2.75) is 18.4 Å². The molecule has 21 heavy (non-hydrogen) atoms. The van der Waals surface area contributed by atoms with Gasteiger partial charge in [0.15, 0.2) is 0 Å². The zero-order chi connectivity index (χ0) is 14.9. The van der Waals surface area contributed by atoms with E-state index in [9.17, 15) is 9.90 Å². The summed E-state index contributed by atoms with van der Waals surface area (Å²) in [6.07, 6.45) is 4.59. The highest BCUT2D eigenvalue weighted by atomic mass is 79.9. The molecular weight excluding hydrogens is 332 g/mol. The van der Waals surface area contributed by atoms with E-state index in [0.717, 1.165) is 22.0 Å². The molecule has 1 unspecified atom stereocenters. The van der Waals surface area contributed by atoms with Crippen LogP contribution in [0.2, 0.25) is 0 Å². The molecule has 4 nitrogen and oxygen atoms in total. The van der Waals surface area contributed by atoms with Gasteiger partial charge in [-0.2, -0.15) is 0 Å². The van der Waals surface area contributed by atoms with Crippen LogP contribution in [0, 0.1) is 0 Å². The van der Waals surface area contributed by atoms with Crippen molar-refractivity contribution in [1.82, 2.24) is 10.3 Å². The van der Waals surface area contributed by atoms with Gasteiger partial charge in [0.05, 0.1) is 12.1 Å². The Hall–Kier alpha value is -1.72. The van der Waals surface area contributed by atoms with E-state index in [1.807, 2.05) is 24.3 Å². The molecule has 1 aromatic carbocycles. The third kappa shape index (κ3) is 2.84. The lowest BCUT2D eigenvalue weighted by atomic mass is 9.96. The maximum Gasteiger partial charge on any atom is 0.252 e. The molecule has 0 bridgehead atoms. The molecule has 108 valence electrons. The Morgan fingerprint density at radius 2 is 2.19 bits per heavy atom. The van der Waals surface area contributed by atoms with Crippen LogP contribution in [0.15, 0.2) is 47.2 Å². The van der Waals surface area contributed by atoms with Crippen molar-refractivity contribution >= 4 is 21.8 Å². The van der Waals surface area contributed by atoms with Gasteiger partial charge in [0, 0.05) is 16.9 Å². The van der Waals surface area contributed by atoms with E-state index in [4.69, 9.17) is 0 Å². The largest absolute Gasteiger partial charge is 0.383 e. The third-order valence-electron chi connectivity index (χ3n) is 3.84. The zero-order valence-electron chi connectivity index (χ0n) is 11.3. The number of carbonyl (C=O) groups excluding carboxylic acids is 1. The zero-order valence-corrected chi connectivity index (χ0v) is 12.9. The lowest BCUT2D eigenvalue weighted by molar-refractivity contribution is 0.0369. The van der Waals surface area contributed by atoms with Gasteiger partial charge in [0.2, 0.25) is 0 Å². The van der Waals surface area contributed by atoms with Crippen LogP contribution >= 0.6 is 15.9 Å². The molecular formula is C16H15BrN2O2. The number of halogens is 1. The average Bonchev–Trinajstić information content (AvgIpc) is 2.83. The summed E-state index contributed by atoms with van der Waals surface area (Å²) in [5.41, 5.74) is 1.56. The molecule has 2 aromatic rings. The second kappa shape index (κ2) is 5.58. The topological polar surface area (TPSA) is 62.2 Å². The maximum absolute atomic E-state index is 12.1. The monoisotopic (exact) mass is 346 g/mol. The van der Waals surface area contributed by atoms with Crippen LogP contribution in [0.3, 0.4) is 0 Å². The fraction of sp³-hybridized carbons (Fsp3) is 0.250. The Balaban J connectivity index is 1.72. The highest BCUT2D eigenvalue weighted by Crippen LogP contribution is 2.36. The molecule has 0 spiro atoms. The number of nitrogens with one attached hydrogen (secondary N) is 1. The van der Waals surface area contributed by atoms with Gasteiger partial charge in [0.25, 0.3) is 5.91 Å². The van der Waals surface area contributed by atoms with Crippen molar-refractivity contribution in [3.8, 4) is 0 Å². The van der Waals surface area contributed by atoms with Gasteiger partial charge < -0.3 is 10.4 Å². The number of aryl methyl sites for hydroxylation is 1. The fourth-order valence-corrected chi connectivity index (χ4v) is 3.08. The number of hydrogen-bond donors (Lipinski definition) is 2. The lowest BCUT2D eigenvalue weighted by Crippen LogP contribution is -2.39. The Labute approximate surface area is 131 Å². The van der Waals surface area contributed by atoms with Crippen molar-refractivity contribution < 1.29 is 9.90 Å². The highest BCUT2D eigenvalue weighted by Gasteiger charge is 2.36. The minimum Gasteiger partial charge on any atom is -0.383 e. The molecule has 1 amide bonds. The van der Waals surface area contributed by atoms with E-state index in [0.29, 0.717) is 12.0 Å². The minimum atomic E-state index is -0.980. The smallest absolute Gasteiger partial charge is 0.252 e. The minimum absolute atomic E-state index is 0.204. The number of hydrogen-bond acceptors (Lipinski definition) is 3. The average molecular weight is 347 g/mol. The summed E-state index contributed by atoms with van der Waals surface area (Å²) in [7, 11) is 0. The van der Waals surface area contributed by atoms with E-state index in [1.54, 1.807) is 12.3 Å². The van der Waals surface area contributed by atoms with Crippen LogP contribution in [-0.4, -0.2) is 22.5 Å². The first-order valence-corrected chi connectivity index (χ1v) is 7.57. The number of carbonyl (C=O) groups is 1. The molecule has 1 aliphatic carbocycles. The molecule has 0 fully saturated rings. The second-order valence-corrected chi connectivity index (χ2v) is 6.18. The number of aliphatic hydroxyl groups is 1. The van der Waals surface area contributed by atoms with Crippen molar-refractivity contribution in [3.63, 3.8) is 0 Å². The maximum atomic E-state index is 12.1. The van der Waals surface area contributed by atoms with Crippen molar-refractivity contribution in [2.75, 3.05) is 6.54 Å². The standard InChI is InChI=1S/C16H15BrN2O2/c17-13-7-12(8-18-9-13)15(20)19-10-16(21)6-5-11-3-1-2-4-14(11)16/h1-4,7-9,21H,5-6,10H2,(H,19,20). The first-order valence-electron chi connectivity index (χ1n) is 6.78. The van der Waals surface area contributed by atoms with E-state index < -0.39 is 5.60 Å². The van der Waals surface area contributed by atoms with Crippen LogP contribution in [0.25, 0.3) is 0 Å². The Bertz CT molecular complexity index is 689. The normalized spacial score (nSPS) is 20.1. The molecule has 1 atom stereocenters. The van der Waals surface area contributed by atoms with Gasteiger partial charge in [0.1, 0.15) is 5.60 Å². The van der Waals surface area contributed by atoms with Crippen LogP contribution in [0.4, 0.5) is 0 Å². The number of benzene rings is 1. The summed E-state index contributed by atoms with van der Waals surface area (Å²) in [5.74, 6) is -0.235. The molecule has 1 heterocycles. The first-order chi connectivity index (χ1) is 10.1. The van der Waals surface area contributed by atoms with E-state index in [1.165, 1.54) is 6.20 Å². The SMILES string of the molecule is O=C(NCC1(O)CCc2ccccc21)c1cncc(Br)c1. The van der Waals surface area contributed by atoms with Gasteiger partial charge in [-0.05, 0) is 46.0 Å². The molecule has 3 rings (SSSR count). The summed E-state index contributed by atoms with van der Waals surface area (Å²) in [4.78, 5) is 16.1. The molecule has 0 saturated heterocycles. The summed E-state index contributed by atoms with van der Waals surface area (Å²) in [6, 6.07) is 9.53. The summed E-state index contributed by atoms with van der Waals surface area (Å²) >= 11 is 3.29. The fourth-order valence-electron chi connectivity index (χ4n) is 2.72. The van der Waals surface area contributed by atoms with Crippen molar-refractivity contribution in [3.05, 3.63) is 63.9 Å². The molecule has 0 aliphatic heterocycles. The number of fused-ring (bicyclic) bond motifs is 1. The first kappa shape index (κ1) is 14.2. The summed E-state index contributed by atoms with van der Waals surface area (Å²) < 4.78 is 0.750. The van der Waals surface area contributed by atoms with Gasteiger partial charge in [-0.25, -0.2) is 0 Å². The summed E-state index contributed by atoms with van der Waals surface area (Å²) in [5, 5.41) is 13.6. The lowest BCUT2D eigenvalue weighted by Gasteiger charge is -2.24. The molecule has 1 aromatic heterocycles. The van der Waals surface area contributed by atoms with Crippen LogP contribution in [0.1, 0.15) is 27.9 Å². The molecule has 0 saturated carbocycles. The predicted molar refractivity (Wildman–Crippen MR) is 82.9 cm³/mol. The molecule has 2 N–H and O–H groups in total. The Morgan fingerprint density at radius 1 is 1.38 bits per heavy atom. The van der Waals surface area contributed by atoms with Crippen LogP contribution in [-0.2, 0) is 12.0 Å². The van der Waals surface area contributed by atoms with Gasteiger partial charge in [-0.3, -0.25) is 9.78 Å². The quantitative estimate of drug-likeness (QED) is 0.896. The number of pyridine rings is 1. The molecule has 0 radical (unpaired) electrons. The van der Waals surface area contributed by atoms with Crippen molar-refractivity contribution in [2.24, 2.45) is 0 Å². The molecule has 1 aliphatic rings. The third-order valence-corrected chi connectivity index (χ3v) is 4.27. The molecule has 5 heteroatoms. The Kier molecular flexibility index (Phi) is 3.78. The van der Waals surface area contributed by atoms with Gasteiger partial charge >= 0.3 is 0 Å². The Morgan fingerprint density at radius 3 is 3.00 bits per heavy atom. The van der Waals surface area contributed by atoms with Crippen LogP contribution in [0.5, 0.6) is 0 Å². The van der Waals surface area contributed by atoms with Crippen molar-refractivity contribution in [1.29, 1.82) is 0 Å². The highest BCUT2D eigenvalue weighted by molar-refractivity contribution is 9.10. The predicted octanol–water partition coefficient (Wildman–Crippen LogP) is 2.41. The van der Waals surface area contributed by atoms with E-state index in [-0.39, 0.29) is 12.5 Å². The van der Waals surface area contributed by atoms with Gasteiger partial charge in [-0.1, -0.05) is 24.3 Å².